The van der Waals surface area contributed by atoms with Crippen molar-refractivity contribution in [3.05, 3.63) is 28.8 Å². The van der Waals surface area contributed by atoms with Crippen LogP contribution in [0.1, 0.15) is 44.1 Å². The summed E-state index contributed by atoms with van der Waals surface area (Å²) in [6, 6.07) is 5.90. The summed E-state index contributed by atoms with van der Waals surface area (Å²) >= 11 is 6.17. The van der Waals surface area contributed by atoms with E-state index in [1.165, 1.54) is 44.1 Å². The van der Waals surface area contributed by atoms with Crippen LogP contribution < -0.4 is 10.5 Å². The minimum absolute atomic E-state index is 0.0839. The molecule has 2 fully saturated rings. The van der Waals surface area contributed by atoms with Crippen molar-refractivity contribution < 1.29 is 4.74 Å². The lowest BCUT2D eigenvalue weighted by Gasteiger charge is -2.55. The first-order valence-electron chi connectivity index (χ1n) is 7.17. The Morgan fingerprint density at radius 2 is 1.95 bits per heavy atom. The lowest BCUT2D eigenvalue weighted by atomic mass is 9.49. The quantitative estimate of drug-likeness (QED) is 0.911. The zero-order valence-corrected chi connectivity index (χ0v) is 12.3. The van der Waals surface area contributed by atoms with E-state index in [-0.39, 0.29) is 5.41 Å². The molecule has 0 bridgehead atoms. The van der Waals surface area contributed by atoms with Crippen molar-refractivity contribution in [3.63, 3.8) is 0 Å². The Morgan fingerprint density at radius 1 is 1.26 bits per heavy atom. The Balaban J connectivity index is 1.93. The summed E-state index contributed by atoms with van der Waals surface area (Å²) in [5, 5.41) is 0.774. The van der Waals surface area contributed by atoms with E-state index in [0.29, 0.717) is 12.0 Å². The molecule has 1 spiro atoms. The number of halogens is 1. The molecular formula is C16H22ClNO. The van der Waals surface area contributed by atoms with Crippen LogP contribution in [-0.2, 0) is 5.41 Å². The zero-order valence-electron chi connectivity index (χ0n) is 11.5. The van der Waals surface area contributed by atoms with E-state index < -0.39 is 0 Å². The summed E-state index contributed by atoms with van der Waals surface area (Å²) in [6.07, 6.45) is 7.91. The van der Waals surface area contributed by atoms with E-state index in [2.05, 4.69) is 6.07 Å². The van der Waals surface area contributed by atoms with Crippen LogP contribution in [-0.4, -0.2) is 13.7 Å². The second-order valence-electron chi connectivity index (χ2n) is 6.39. The maximum absolute atomic E-state index is 6.17. The highest BCUT2D eigenvalue weighted by atomic mass is 35.5. The molecule has 1 aromatic rings. The molecule has 1 aromatic carbocycles. The molecule has 0 heterocycles. The van der Waals surface area contributed by atoms with E-state index in [4.69, 9.17) is 22.1 Å². The third-order valence-corrected chi connectivity index (χ3v) is 5.45. The summed E-state index contributed by atoms with van der Waals surface area (Å²) in [6.45, 7) is 0.686. The molecule has 2 nitrogen and oxygen atoms in total. The SMILES string of the molecule is COc1ccc(Cl)cc1C1(CN)CC2(CCCC2)C1. The highest BCUT2D eigenvalue weighted by Gasteiger charge is 2.55. The molecule has 0 radical (unpaired) electrons. The monoisotopic (exact) mass is 279 g/mol. The molecule has 3 rings (SSSR count). The Morgan fingerprint density at radius 3 is 2.53 bits per heavy atom. The van der Waals surface area contributed by atoms with E-state index in [1.807, 2.05) is 12.1 Å². The number of nitrogens with two attached hydrogens (primary N) is 1. The first-order valence-corrected chi connectivity index (χ1v) is 7.55. The highest BCUT2D eigenvalue weighted by molar-refractivity contribution is 6.30. The highest BCUT2D eigenvalue weighted by Crippen LogP contribution is 2.63. The van der Waals surface area contributed by atoms with Gasteiger partial charge in [0.05, 0.1) is 7.11 Å². The third kappa shape index (κ3) is 2.05. The maximum atomic E-state index is 6.17. The minimum Gasteiger partial charge on any atom is -0.496 e. The standard InChI is InChI=1S/C16H22ClNO/c1-19-14-5-4-12(17)8-13(14)16(11-18)9-15(10-16)6-2-3-7-15/h4-5,8H,2-3,6-7,9-11,18H2,1H3. The van der Waals surface area contributed by atoms with Gasteiger partial charge in [-0.25, -0.2) is 0 Å². The number of benzene rings is 1. The fourth-order valence-electron chi connectivity index (χ4n) is 4.40. The molecule has 2 aliphatic carbocycles. The Bertz CT molecular complexity index is 472. The van der Waals surface area contributed by atoms with Crippen LogP contribution >= 0.6 is 11.6 Å². The number of hydrogen-bond donors (Lipinski definition) is 1. The molecule has 2 aliphatic rings. The van der Waals surface area contributed by atoms with Crippen LogP contribution in [0.25, 0.3) is 0 Å². The van der Waals surface area contributed by atoms with Gasteiger partial charge in [0, 0.05) is 22.5 Å². The fourth-order valence-corrected chi connectivity index (χ4v) is 4.57. The first-order chi connectivity index (χ1) is 9.13. The van der Waals surface area contributed by atoms with Crippen LogP contribution in [0.5, 0.6) is 5.75 Å². The van der Waals surface area contributed by atoms with Crippen molar-refractivity contribution >= 4 is 11.6 Å². The molecule has 0 amide bonds. The second-order valence-corrected chi connectivity index (χ2v) is 6.83. The summed E-state index contributed by atoms with van der Waals surface area (Å²) in [5.74, 6) is 0.933. The summed E-state index contributed by atoms with van der Waals surface area (Å²) < 4.78 is 5.52. The average molecular weight is 280 g/mol. The lowest BCUT2D eigenvalue weighted by molar-refractivity contribution is 0.0313. The van der Waals surface area contributed by atoms with Gasteiger partial charge in [-0.2, -0.15) is 0 Å². The van der Waals surface area contributed by atoms with Gasteiger partial charge in [-0.05, 0) is 49.3 Å². The molecule has 0 unspecified atom stereocenters. The number of ether oxygens (including phenoxy) is 1. The Labute approximate surface area is 120 Å². The van der Waals surface area contributed by atoms with Crippen molar-refractivity contribution in [2.45, 2.75) is 43.9 Å². The molecule has 2 saturated carbocycles. The van der Waals surface area contributed by atoms with Crippen molar-refractivity contribution in [3.8, 4) is 5.75 Å². The molecule has 2 N–H and O–H groups in total. The molecule has 0 aliphatic heterocycles. The largest absolute Gasteiger partial charge is 0.496 e. The normalized spacial score (nSPS) is 23.3. The van der Waals surface area contributed by atoms with Gasteiger partial charge in [0.2, 0.25) is 0 Å². The van der Waals surface area contributed by atoms with Crippen LogP contribution in [0.4, 0.5) is 0 Å². The van der Waals surface area contributed by atoms with Crippen molar-refractivity contribution in [1.29, 1.82) is 0 Å². The van der Waals surface area contributed by atoms with Gasteiger partial charge in [-0.1, -0.05) is 24.4 Å². The topological polar surface area (TPSA) is 35.2 Å². The van der Waals surface area contributed by atoms with Crippen LogP contribution in [0.3, 0.4) is 0 Å². The molecular weight excluding hydrogens is 258 g/mol. The number of hydrogen-bond acceptors (Lipinski definition) is 2. The first kappa shape index (κ1) is 13.3. The Kier molecular flexibility index (Phi) is 3.26. The van der Waals surface area contributed by atoms with Gasteiger partial charge in [0.15, 0.2) is 0 Å². The van der Waals surface area contributed by atoms with Gasteiger partial charge in [-0.15, -0.1) is 0 Å². The lowest BCUT2D eigenvalue weighted by Crippen LogP contribution is -2.52. The van der Waals surface area contributed by atoms with Crippen molar-refractivity contribution in [2.24, 2.45) is 11.1 Å². The van der Waals surface area contributed by atoms with E-state index in [1.54, 1.807) is 7.11 Å². The maximum Gasteiger partial charge on any atom is 0.122 e. The van der Waals surface area contributed by atoms with Crippen LogP contribution in [0.2, 0.25) is 5.02 Å². The summed E-state index contributed by atoms with van der Waals surface area (Å²) in [7, 11) is 1.72. The predicted octanol–water partition coefficient (Wildman–Crippen LogP) is 3.90. The summed E-state index contributed by atoms with van der Waals surface area (Å²) in [5.41, 5.74) is 7.98. The molecule has 3 heteroatoms. The van der Waals surface area contributed by atoms with E-state index in [0.717, 1.165) is 10.8 Å². The van der Waals surface area contributed by atoms with Gasteiger partial charge in [-0.3, -0.25) is 0 Å². The molecule has 0 atom stereocenters. The van der Waals surface area contributed by atoms with Gasteiger partial charge in [0.1, 0.15) is 5.75 Å². The van der Waals surface area contributed by atoms with Gasteiger partial charge < -0.3 is 10.5 Å². The molecule has 19 heavy (non-hydrogen) atoms. The smallest absolute Gasteiger partial charge is 0.122 e. The van der Waals surface area contributed by atoms with E-state index >= 15 is 0 Å². The number of rotatable bonds is 3. The zero-order chi connectivity index (χ0) is 13.5. The molecule has 104 valence electrons. The molecule has 0 aromatic heterocycles. The number of methoxy groups -OCH3 is 1. The minimum atomic E-state index is 0.0839. The third-order valence-electron chi connectivity index (χ3n) is 5.21. The second kappa shape index (κ2) is 4.68. The average Bonchev–Trinajstić information content (AvgIpc) is 2.85. The Hall–Kier alpha value is -0.730. The predicted molar refractivity (Wildman–Crippen MR) is 78.9 cm³/mol. The van der Waals surface area contributed by atoms with Gasteiger partial charge >= 0.3 is 0 Å². The van der Waals surface area contributed by atoms with Crippen molar-refractivity contribution in [2.75, 3.05) is 13.7 Å². The van der Waals surface area contributed by atoms with Crippen LogP contribution in [0.15, 0.2) is 18.2 Å². The van der Waals surface area contributed by atoms with Crippen molar-refractivity contribution in [1.82, 2.24) is 0 Å². The fraction of sp³-hybridized carbons (Fsp3) is 0.625. The molecule has 0 saturated heterocycles. The van der Waals surface area contributed by atoms with Crippen LogP contribution in [0, 0.1) is 5.41 Å². The van der Waals surface area contributed by atoms with E-state index in [9.17, 15) is 0 Å². The van der Waals surface area contributed by atoms with Gasteiger partial charge in [0.25, 0.3) is 0 Å². The summed E-state index contributed by atoms with van der Waals surface area (Å²) in [4.78, 5) is 0.